The number of pyridine rings is 1. The first-order valence-corrected chi connectivity index (χ1v) is 12.0. The molecular weight excluding hydrogens is 470 g/mol. The number of amides is 1. The summed E-state index contributed by atoms with van der Waals surface area (Å²) in [6, 6.07) is -0.330. The van der Waals surface area contributed by atoms with Crippen LogP contribution in [0.5, 0.6) is 6.01 Å². The highest BCUT2D eigenvalue weighted by atomic mass is 35.5. The van der Waals surface area contributed by atoms with Crippen molar-refractivity contribution in [3.05, 3.63) is 17.2 Å². The molecule has 12 heteroatoms. The molecule has 1 amide bonds. The summed E-state index contributed by atoms with van der Waals surface area (Å²) in [5.41, 5.74) is -0.387. The molecule has 2 bridgehead atoms. The van der Waals surface area contributed by atoms with Crippen LogP contribution in [0, 0.1) is 5.82 Å². The minimum absolute atomic E-state index is 0.000195. The molecule has 1 N–H and O–H groups in total. The first-order chi connectivity index (χ1) is 16.3. The molecule has 0 saturated carbocycles. The van der Waals surface area contributed by atoms with Gasteiger partial charge in [0.25, 0.3) is 0 Å². The summed E-state index contributed by atoms with van der Waals surface area (Å²) in [6.45, 7) is 2.32. The molecule has 4 aliphatic heterocycles. The van der Waals surface area contributed by atoms with Crippen molar-refractivity contribution < 1.29 is 23.4 Å². The van der Waals surface area contributed by atoms with E-state index < -0.39 is 23.6 Å². The fourth-order valence-corrected chi connectivity index (χ4v) is 6.48. The molecule has 4 saturated heterocycles. The fraction of sp³-hybridized carbons (Fsp3) is 0.636. The van der Waals surface area contributed by atoms with Gasteiger partial charge >= 0.3 is 12.1 Å². The summed E-state index contributed by atoms with van der Waals surface area (Å²) in [6.07, 6.45) is 3.37. The van der Waals surface area contributed by atoms with Gasteiger partial charge in [-0.3, -0.25) is 9.80 Å². The van der Waals surface area contributed by atoms with Crippen LogP contribution in [0.4, 0.5) is 19.4 Å². The number of piperazine rings is 1. The van der Waals surface area contributed by atoms with Gasteiger partial charge in [-0.05, 0) is 32.2 Å². The van der Waals surface area contributed by atoms with Gasteiger partial charge in [0.05, 0.1) is 23.0 Å². The van der Waals surface area contributed by atoms with Gasteiger partial charge in [-0.1, -0.05) is 11.6 Å². The summed E-state index contributed by atoms with van der Waals surface area (Å²) in [5, 5.41) is 9.68. The number of carbonyl (C=O) groups is 1. The van der Waals surface area contributed by atoms with Gasteiger partial charge in [0.15, 0.2) is 11.0 Å². The summed E-state index contributed by atoms with van der Waals surface area (Å²) >= 11 is 5.94. The van der Waals surface area contributed by atoms with Gasteiger partial charge in [-0.25, -0.2) is 18.6 Å². The summed E-state index contributed by atoms with van der Waals surface area (Å²) in [4.78, 5) is 30.1. The fourth-order valence-electron chi connectivity index (χ4n) is 6.34. The van der Waals surface area contributed by atoms with Crippen LogP contribution < -0.4 is 9.64 Å². The van der Waals surface area contributed by atoms with Crippen molar-refractivity contribution in [2.75, 3.05) is 37.7 Å². The molecule has 0 aliphatic carbocycles. The molecule has 2 aromatic rings. The molecule has 34 heavy (non-hydrogen) atoms. The molecule has 4 aliphatic rings. The molecule has 4 atom stereocenters. The molecule has 6 rings (SSSR count). The zero-order valence-electron chi connectivity index (χ0n) is 18.5. The maximum atomic E-state index is 15.0. The maximum Gasteiger partial charge on any atom is 0.407 e. The van der Waals surface area contributed by atoms with Crippen molar-refractivity contribution in [1.29, 1.82) is 0 Å². The predicted molar refractivity (Wildman–Crippen MR) is 120 cm³/mol. The highest BCUT2D eigenvalue weighted by Gasteiger charge is 2.49. The minimum Gasteiger partial charge on any atom is -0.465 e. The topological polar surface area (TPSA) is 94.9 Å². The lowest BCUT2D eigenvalue weighted by atomic mass is 9.95. The van der Waals surface area contributed by atoms with E-state index in [9.17, 15) is 18.7 Å². The Labute approximate surface area is 199 Å². The Morgan fingerprint density at radius 3 is 2.76 bits per heavy atom. The Balaban J connectivity index is 1.34. The molecular formula is C22H25ClF2N6O3. The summed E-state index contributed by atoms with van der Waals surface area (Å²) in [5.74, 6) is -0.314. The number of alkyl halides is 1. The molecule has 6 heterocycles. The average Bonchev–Trinajstić information content (AvgIpc) is 3.42. The number of ether oxygens (including phenoxy) is 1. The zero-order valence-corrected chi connectivity index (χ0v) is 19.2. The van der Waals surface area contributed by atoms with Crippen molar-refractivity contribution in [2.45, 2.75) is 55.9 Å². The quantitative estimate of drug-likeness (QED) is 0.648. The van der Waals surface area contributed by atoms with Gasteiger partial charge < -0.3 is 14.7 Å². The summed E-state index contributed by atoms with van der Waals surface area (Å²) < 4.78 is 35.1. The van der Waals surface area contributed by atoms with E-state index in [4.69, 9.17) is 16.3 Å². The molecule has 182 valence electrons. The number of hydrogen-bond donors (Lipinski definition) is 1. The largest absolute Gasteiger partial charge is 0.465 e. The average molecular weight is 495 g/mol. The van der Waals surface area contributed by atoms with Crippen molar-refractivity contribution >= 4 is 34.4 Å². The normalized spacial score (nSPS) is 30.9. The Kier molecular flexibility index (Phi) is 5.18. The van der Waals surface area contributed by atoms with Crippen LogP contribution in [0.2, 0.25) is 5.15 Å². The van der Waals surface area contributed by atoms with Crippen molar-refractivity contribution in [3.63, 3.8) is 0 Å². The minimum atomic E-state index is -0.925. The van der Waals surface area contributed by atoms with Crippen LogP contribution in [-0.4, -0.2) is 92.5 Å². The van der Waals surface area contributed by atoms with E-state index >= 15 is 0 Å². The molecule has 4 fully saturated rings. The molecule has 0 radical (unpaired) electrons. The van der Waals surface area contributed by atoms with Gasteiger partial charge in [0.1, 0.15) is 24.1 Å². The molecule has 9 nitrogen and oxygen atoms in total. The van der Waals surface area contributed by atoms with Gasteiger partial charge in [0, 0.05) is 32.3 Å². The molecule has 0 aromatic carbocycles. The predicted octanol–water partition coefficient (Wildman–Crippen LogP) is 3.10. The van der Waals surface area contributed by atoms with Gasteiger partial charge in [-0.2, -0.15) is 9.97 Å². The van der Waals surface area contributed by atoms with Crippen LogP contribution >= 0.6 is 11.6 Å². The number of nitrogens with zero attached hydrogens (tertiary/aromatic N) is 6. The monoisotopic (exact) mass is 494 g/mol. The van der Waals surface area contributed by atoms with Crippen molar-refractivity contribution in [2.24, 2.45) is 0 Å². The second kappa shape index (κ2) is 8.01. The van der Waals surface area contributed by atoms with E-state index in [1.165, 1.54) is 11.1 Å². The Morgan fingerprint density at radius 1 is 1.26 bits per heavy atom. The maximum absolute atomic E-state index is 15.0. The van der Waals surface area contributed by atoms with E-state index in [1.54, 1.807) is 0 Å². The first kappa shape index (κ1) is 22.0. The second-order valence-electron chi connectivity index (χ2n) is 9.80. The van der Waals surface area contributed by atoms with Crippen molar-refractivity contribution in [3.8, 4) is 6.01 Å². The lowest BCUT2D eigenvalue weighted by molar-refractivity contribution is 0.107. The van der Waals surface area contributed by atoms with Crippen LogP contribution in [0.1, 0.15) is 32.1 Å². The number of anilines is 1. The number of aromatic nitrogens is 3. The first-order valence-electron chi connectivity index (χ1n) is 11.6. The zero-order chi connectivity index (χ0) is 23.6. The number of rotatable bonds is 4. The van der Waals surface area contributed by atoms with E-state index in [1.807, 2.05) is 4.90 Å². The highest BCUT2D eigenvalue weighted by Crippen LogP contribution is 2.41. The Morgan fingerprint density at radius 2 is 2.03 bits per heavy atom. The SMILES string of the molecule is O=C(O)N1C2CCC1CN(c1nc(OC[C@]34CCCN3C[C@@H](F)C4)nc3c(F)c(Cl)ncc13)C2. The van der Waals surface area contributed by atoms with Crippen LogP contribution in [0.15, 0.2) is 6.20 Å². The van der Waals surface area contributed by atoms with E-state index in [2.05, 4.69) is 19.9 Å². The third-order valence-corrected chi connectivity index (χ3v) is 8.10. The van der Waals surface area contributed by atoms with Gasteiger partial charge in [-0.15, -0.1) is 0 Å². The van der Waals surface area contributed by atoms with Crippen LogP contribution in [-0.2, 0) is 0 Å². The number of fused-ring (bicyclic) bond motifs is 4. The number of hydrogen-bond acceptors (Lipinski definition) is 7. The molecule has 0 spiro atoms. The summed E-state index contributed by atoms with van der Waals surface area (Å²) in [7, 11) is 0. The van der Waals surface area contributed by atoms with E-state index in [0.29, 0.717) is 37.3 Å². The highest BCUT2D eigenvalue weighted by molar-refractivity contribution is 6.30. The Bertz CT molecular complexity index is 1140. The molecule has 2 unspecified atom stereocenters. The number of carboxylic acid groups (broad SMARTS) is 1. The smallest absolute Gasteiger partial charge is 0.407 e. The molecule has 2 aromatic heterocycles. The van der Waals surface area contributed by atoms with Crippen LogP contribution in [0.3, 0.4) is 0 Å². The lowest BCUT2D eigenvalue weighted by Gasteiger charge is -2.40. The Hall–Kier alpha value is -2.53. The lowest BCUT2D eigenvalue weighted by Crippen LogP contribution is -2.55. The standard InChI is InChI=1S/C22H25ClF2N6O3/c23-18-16(25)17-15(7-26-18)19(29-9-13-2-3-14(10-29)31(13)21(32)33)28-20(27-17)34-11-22-4-1-5-30(22)8-12(24)6-22/h7,12-14H,1-6,8-11H2,(H,32,33)/t12-,13?,14?,22+/m0/s1. The third kappa shape index (κ3) is 3.43. The van der Waals surface area contributed by atoms with Crippen molar-refractivity contribution in [1.82, 2.24) is 24.8 Å². The van der Waals surface area contributed by atoms with Gasteiger partial charge in [0.2, 0.25) is 0 Å². The third-order valence-electron chi connectivity index (χ3n) is 7.83. The van der Waals surface area contributed by atoms with Crippen LogP contribution in [0.25, 0.3) is 10.9 Å². The van der Waals surface area contributed by atoms with E-state index in [0.717, 1.165) is 32.2 Å². The second-order valence-corrected chi connectivity index (χ2v) is 10.2. The van der Waals surface area contributed by atoms with E-state index in [-0.39, 0.29) is 35.4 Å². The number of halogens is 3.